The number of aromatic carboxylic acids is 1. The summed E-state index contributed by atoms with van der Waals surface area (Å²) in [6.07, 6.45) is 0. The van der Waals surface area contributed by atoms with Gasteiger partial charge in [0.25, 0.3) is 0 Å². The largest absolute Gasteiger partial charge is 0.478 e. The van der Waals surface area contributed by atoms with Crippen LogP contribution in [0.4, 0.5) is 5.69 Å². The molecule has 18 heavy (non-hydrogen) atoms. The van der Waals surface area contributed by atoms with Crippen LogP contribution in [0.2, 0.25) is 0 Å². The normalized spacial score (nSPS) is 9.56. The third-order valence-corrected chi connectivity index (χ3v) is 2.47. The van der Waals surface area contributed by atoms with Crippen LogP contribution in [0.5, 0.6) is 0 Å². The molecule has 2 rings (SSSR count). The van der Waals surface area contributed by atoms with E-state index in [0.717, 1.165) is 11.1 Å². The lowest BCUT2D eigenvalue weighted by Gasteiger charge is -2.03. The van der Waals surface area contributed by atoms with E-state index in [0.29, 0.717) is 5.69 Å². The lowest BCUT2D eigenvalue weighted by Crippen LogP contribution is -1.95. The van der Waals surface area contributed by atoms with Gasteiger partial charge in [-0.3, -0.25) is 0 Å². The van der Waals surface area contributed by atoms with Crippen LogP contribution < -0.4 is 0 Å². The first-order valence-corrected chi connectivity index (χ1v) is 5.19. The van der Waals surface area contributed by atoms with Gasteiger partial charge in [0.2, 0.25) is 0 Å². The van der Waals surface area contributed by atoms with Crippen LogP contribution in [0.3, 0.4) is 0 Å². The molecule has 0 fully saturated rings. The molecule has 0 aromatic heterocycles. The van der Waals surface area contributed by atoms with Crippen LogP contribution in [0, 0.1) is 0 Å². The van der Waals surface area contributed by atoms with Crippen molar-refractivity contribution in [3.05, 3.63) is 64.5 Å². The molecular formula is C13H9N3O2. The zero-order chi connectivity index (χ0) is 13.0. The number of hydrogen-bond acceptors (Lipinski definition) is 2. The number of hydrogen-bond donors (Lipinski definition) is 1. The van der Waals surface area contributed by atoms with Gasteiger partial charge in [-0.05, 0) is 28.8 Å². The molecule has 0 aliphatic carbocycles. The van der Waals surface area contributed by atoms with Crippen molar-refractivity contribution in [1.82, 2.24) is 0 Å². The van der Waals surface area contributed by atoms with Crippen LogP contribution >= 0.6 is 0 Å². The SMILES string of the molecule is [N-]=[N+]=Nc1ccc(-c2cccc(C(=O)O)c2)cc1. The smallest absolute Gasteiger partial charge is 0.335 e. The molecule has 0 saturated heterocycles. The highest BCUT2D eigenvalue weighted by Crippen LogP contribution is 2.23. The van der Waals surface area contributed by atoms with E-state index in [2.05, 4.69) is 10.0 Å². The molecular weight excluding hydrogens is 230 g/mol. The Labute approximate surface area is 103 Å². The zero-order valence-electron chi connectivity index (χ0n) is 9.32. The average molecular weight is 239 g/mol. The summed E-state index contributed by atoms with van der Waals surface area (Å²) in [4.78, 5) is 13.6. The average Bonchev–Trinajstić information content (AvgIpc) is 2.40. The van der Waals surface area contributed by atoms with Gasteiger partial charge in [0.1, 0.15) is 0 Å². The minimum atomic E-state index is -0.956. The molecule has 5 heteroatoms. The third kappa shape index (κ3) is 2.48. The fraction of sp³-hybridized carbons (Fsp3) is 0. The molecule has 0 aliphatic heterocycles. The molecule has 0 unspecified atom stereocenters. The Balaban J connectivity index is 2.39. The van der Waals surface area contributed by atoms with E-state index < -0.39 is 5.97 Å². The molecule has 88 valence electrons. The van der Waals surface area contributed by atoms with Gasteiger partial charge in [0, 0.05) is 10.6 Å². The lowest BCUT2D eigenvalue weighted by molar-refractivity contribution is 0.0697. The van der Waals surface area contributed by atoms with Gasteiger partial charge in [0.05, 0.1) is 5.56 Å². The Morgan fingerprint density at radius 1 is 1.11 bits per heavy atom. The molecule has 0 amide bonds. The highest BCUT2D eigenvalue weighted by atomic mass is 16.4. The summed E-state index contributed by atoms with van der Waals surface area (Å²) in [5.74, 6) is -0.956. The second-order valence-electron chi connectivity index (χ2n) is 3.62. The number of benzene rings is 2. The van der Waals surface area contributed by atoms with Gasteiger partial charge in [-0.1, -0.05) is 41.5 Å². The fourth-order valence-corrected chi connectivity index (χ4v) is 1.60. The molecule has 0 atom stereocenters. The molecule has 0 spiro atoms. The standard InChI is InChI=1S/C13H9N3O2/c14-16-15-12-6-4-9(5-7-12)10-2-1-3-11(8-10)13(17)18/h1-8H,(H,17,18). The molecule has 1 N–H and O–H groups in total. The summed E-state index contributed by atoms with van der Waals surface area (Å²) in [6, 6.07) is 13.6. The molecule has 0 heterocycles. The summed E-state index contributed by atoms with van der Waals surface area (Å²) in [5.41, 5.74) is 10.7. The fourth-order valence-electron chi connectivity index (χ4n) is 1.60. The first-order chi connectivity index (χ1) is 8.70. The van der Waals surface area contributed by atoms with Crippen molar-refractivity contribution in [2.75, 3.05) is 0 Å². The van der Waals surface area contributed by atoms with Crippen LogP contribution in [0.25, 0.3) is 21.6 Å². The van der Waals surface area contributed by atoms with E-state index in [1.54, 1.807) is 42.5 Å². The summed E-state index contributed by atoms with van der Waals surface area (Å²) < 4.78 is 0. The van der Waals surface area contributed by atoms with Gasteiger partial charge in [-0.15, -0.1) is 0 Å². The Hall–Kier alpha value is -2.78. The molecule has 0 saturated carbocycles. The van der Waals surface area contributed by atoms with Crippen molar-refractivity contribution >= 4 is 11.7 Å². The van der Waals surface area contributed by atoms with E-state index in [1.807, 2.05) is 6.07 Å². The molecule has 2 aromatic rings. The van der Waals surface area contributed by atoms with Crippen LogP contribution in [0.15, 0.2) is 53.6 Å². The first kappa shape index (κ1) is 11.7. The van der Waals surface area contributed by atoms with E-state index in [9.17, 15) is 4.79 Å². The van der Waals surface area contributed by atoms with E-state index in [4.69, 9.17) is 10.6 Å². The van der Waals surface area contributed by atoms with Crippen molar-refractivity contribution in [2.45, 2.75) is 0 Å². The van der Waals surface area contributed by atoms with Gasteiger partial charge >= 0.3 is 5.97 Å². The van der Waals surface area contributed by atoms with Crippen molar-refractivity contribution in [3.63, 3.8) is 0 Å². The topological polar surface area (TPSA) is 86.1 Å². The van der Waals surface area contributed by atoms with Crippen LogP contribution in [0.1, 0.15) is 10.4 Å². The number of rotatable bonds is 3. The van der Waals surface area contributed by atoms with Gasteiger partial charge in [0.15, 0.2) is 0 Å². The lowest BCUT2D eigenvalue weighted by atomic mass is 10.0. The highest BCUT2D eigenvalue weighted by molar-refractivity contribution is 5.89. The van der Waals surface area contributed by atoms with Crippen molar-refractivity contribution in [1.29, 1.82) is 0 Å². The van der Waals surface area contributed by atoms with Gasteiger partial charge in [-0.25, -0.2) is 4.79 Å². The summed E-state index contributed by atoms with van der Waals surface area (Å²) in [5, 5.41) is 12.4. The summed E-state index contributed by atoms with van der Waals surface area (Å²) in [6.45, 7) is 0. The van der Waals surface area contributed by atoms with Crippen molar-refractivity contribution in [2.24, 2.45) is 5.11 Å². The zero-order valence-corrected chi connectivity index (χ0v) is 9.32. The van der Waals surface area contributed by atoms with Crippen molar-refractivity contribution < 1.29 is 9.90 Å². The van der Waals surface area contributed by atoms with Crippen LogP contribution in [-0.2, 0) is 0 Å². The Kier molecular flexibility index (Phi) is 3.27. The van der Waals surface area contributed by atoms with E-state index in [1.165, 1.54) is 0 Å². The summed E-state index contributed by atoms with van der Waals surface area (Å²) in [7, 11) is 0. The molecule has 2 aromatic carbocycles. The highest BCUT2D eigenvalue weighted by Gasteiger charge is 2.04. The summed E-state index contributed by atoms with van der Waals surface area (Å²) >= 11 is 0. The Bertz CT molecular complexity index is 629. The Morgan fingerprint density at radius 2 is 1.83 bits per heavy atom. The monoisotopic (exact) mass is 239 g/mol. The van der Waals surface area contributed by atoms with Gasteiger partial charge in [-0.2, -0.15) is 0 Å². The molecule has 0 aliphatic rings. The maximum Gasteiger partial charge on any atom is 0.335 e. The van der Waals surface area contributed by atoms with E-state index >= 15 is 0 Å². The molecule has 0 radical (unpaired) electrons. The minimum absolute atomic E-state index is 0.242. The van der Waals surface area contributed by atoms with Gasteiger partial charge < -0.3 is 5.11 Å². The number of carboxylic acid groups (broad SMARTS) is 1. The molecule has 0 bridgehead atoms. The number of carboxylic acids is 1. The first-order valence-electron chi connectivity index (χ1n) is 5.19. The quantitative estimate of drug-likeness (QED) is 0.498. The second kappa shape index (κ2) is 5.03. The van der Waals surface area contributed by atoms with Crippen LogP contribution in [-0.4, -0.2) is 11.1 Å². The maximum atomic E-state index is 10.9. The number of nitrogens with zero attached hydrogens (tertiary/aromatic N) is 3. The maximum absolute atomic E-state index is 10.9. The molecule has 5 nitrogen and oxygen atoms in total. The second-order valence-corrected chi connectivity index (χ2v) is 3.62. The van der Waals surface area contributed by atoms with Crippen molar-refractivity contribution in [3.8, 4) is 11.1 Å². The minimum Gasteiger partial charge on any atom is -0.478 e. The van der Waals surface area contributed by atoms with E-state index in [-0.39, 0.29) is 5.56 Å². The third-order valence-electron chi connectivity index (χ3n) is 2.47. The number of carbonyl (C=O) groups is 1. The predicted molar refractivity (Wildman–Crippen MR) is 67.6 cm³/mol. The Morgan fingerprint density at radius 3 is 2.44 bits per heavy atom. The number of azide groups is 1. The predicted octanol–water partition coefficient (Wildman–Crippen LogP) is 3.99.